The molecule has 2 atom stereocenters. The van der Waals surface area contributed by atoms with Gasteiger partial charge in [0.1, 0.15) is 6.10 Å². The molecular weight excluding hydrogens is 188 g/mol. The molecule has 0 heterocycles. The van der Waals surface area contributed by atoms with E-state index in [2.05, 4.69) is 12.2 Å². The second-order valence-corrected chi connectivity index (χ2v) is 4.30. The Labute approximate surface area is 91.0 Å². The molecule has 0 fully saturated rings. The predicted molar refractivity (Wildman–Crippen MR) is 59.4 cm³/mol. The van der Waals surface area contributed by atoms with Gasteiger partial charge in [-0.15, -0.1) is 0 Å². The molecule has 82 valence electrons. The highest BCUT2D eigenvalue weighted by atomic mass is 16.5. The fourth-order valence-corrected chi connectivity index (χ4v) is 2.12. The summed E-state index contributed by atoms with van der Waals surface area (Å²) >= 11 is 0. The molecule has 0 saturated heterocycles. The quantitative estimate of drug-likeness (QED) is 0.513. The van der Waals surface area contributed by atoms with Gasteiger partial charge in [-0.2, -0.15) is 0 Å². The maximum absolute atomic E-state index is 11.8. The second-order valence-electron chi connectivity index (χ2n) is 4.30. The summed E-state index contributed by atoms with van der Waals surface area (Å²) in [4.78, 5) is 11.8. The third-order valence-corrected chi connectivity index (χ3v) is 3.03. The van der Waals surface area contributed by atoms with E-state index in [0.29, 0.717) is 0 Å². The van der Waals surface area contributed by atoms with E-state index in [9.17, 15) is 4.79 Å². The SMILES string of the molecule is O=C(OC1C=CCCC1)C1C=CCCC1. The summed E-state index contributed by atoms with van der Waals surface area (Å²) in [5, 5.41) is 0. The zero-order chi connectivity index (χ0) is 10.5. The van der Waals surface area contributed by atoms with Crippen LogP contribution in [0.15, 0.2) is 24.3 Å². The van der Waals surface area contributed by atoms with Crippen molar-refractivity contribution >= 4 is 5.97 Å². The molecule has 0 spiro atoms. The molecule has 2 aliphatic rings. The van der Waals surface area contributed by atoms with Gasteiger partial charge in [-0.1, -0.05) is 18.2 Å². The molecule has 0 saturated carbocycles. The number of hydrogen-bond acceptors (Lipinski definition) is 2. The van der Waals surface area contributed by atoms with Crippen LogP contribution in [0.4, 0.5) is 0 Å². The van der Waals surface area contributed by atoms with Crippen LogP contribution in [0.1, 0.15) is 38.5 Å². The van der Waals surface area contributed by atoms with E-state index in [1.54, 1.807) is 0 Å². The summed E-state index contributed by atoms with van der Waals surface area (Å²) in [6.07, 6.45) is 14.7. The van der Waals surface area contributed by atoms with Gasteiger partial charge >= 0.3 is 5.97 Å². The van der Waals surface area contributed by atoms with Crippen molar-refractivity contribution in [3.05, 3.63) is 24.3 Å². The Kier molecular flexibility index (Phi) is 3.59. The zero-order valence-corrected chi connectivity index (χ0v) is 9.02. The molecule has 0 bridgehead atoms. The Morgan fingerprint density at radius 2 is 1.80 bits per heavy atom. The van der Waals surface area contributed by atoms with Gasteiger partial charge < -0.3 is 4.74 Å². The molecule has 2 nitrogen and oxygen atoms in total. The van der Waals surface area contributed by atoms with Crippen LogP contribution in [0.25, 0.3) is 0 Å². The molecule has 0 radical (unpaired) electrons. The molecule has 0 aromatic carbocycles. The van der Waals surface area contributed by atoms with Crippen LogP contribution in [0.2, 0.25) is 0 Å². The Morgan fingerprint density at radius 3 is 2.40 bits per heavy atom. The molecule has 2 unspecified atom stereocenters. The molecule has 2 aliphatic carbocycles. The molecule has 0 N–H and O–H groups in total. The van der Waals surface area contributed by atoms with Crippen molar-refractivity contribution in [3.63, 3.8) is 0 Å². The highest BCUT2D eigenvalue weighted by Crippen LogP contribution is 2.21. The van der Waals surface area contributed by atoms with Crippen LogP contribution < -0.4 is 0 Å². The van der Waals surface area contributed by atoms with Crippen molar-refractivity contribution in [1.29, 1.82) is 0 Å². The first kappa shape index (κ1) is 10.5. The summed E-state index contributed by atoms with van der Waals surface area (Å²) in [6.45, 7) is 0. The van der Waals surface area contributed by atoms with Crippen LogP contribution >= 0.6 is 0 Å². The normalized spacial score (nSPS) is 30.1. The Hall–Kier alpha value is -1.05. The number of esters is 1. The van der Waals surface area contributed by atoms with Crippen LogP contribution in [0.5, 0.6) is 0 Å². The topological polar surface area (TPSA) is 26.3 Å². The highest BCUT2D eigenvalue weighted by molar-refractivity contribution is 5.74. The Bertz CT molecular complexity index is 278. The predicted octanol–water partition coefficient (Wildman–Crippen LogP) is 2.99. The summed E-state index contributed by atoms with van der Waals surface area (Å²) in [6, 6.07) is 0. The molecule has 0 aromatic heterocycles. The first-order valence-electron chi connectivity index (χ1n) is 5.90. The average Bonchev–Trinajstić information content (AvgIpc) is 2.31. The molecular formula is C13H18O2. The van der Waals surface area contributed by atoms with Crippen LogP contribution in [-0.2, 0) is 9.53 Å². The van der Waals surface area contributed by atoms with Crippen LogP contribution in [-0.4, -0.2) is 12.1 Å². The minimum Gasteiger partial charge on any atom is -0.458 e. The average molecular weight is 206 g/mol. The number of hydrogen-bond donors (Lipinski definition) is 0. The third kappa shape index (κ3) is 2.95. The largest absolute Gasteiger partial charge is 0.458 e. The number of rotatable bonds is 2. The fourth-order valence-electron chi connectivity index (χ4n) is 2.12. The summed E-state index contributed by atoms with van der Waals surface area (Å²) in [5.74, 6) is -0.0309. The van der Waals surface area contributed by atoms with Gasteiger partial charge in [-0.05, 0) is 44.6 Å². The molecule has 0 aromatic rings. The van der Waals surface area contributed by atoms with Gasteiger partial charge in [0.2, 0.25) is 0 Å². The van der Waals surface area contributed by atoms with E-state index in [0.717, 1.165) is 38.5 Å². The third-order valence-electron chi connectivity index (χ3n) is 3.03. The first-order chi connectivity index (χ1) is 7.36. The van der Waals surface area contributed by atoms with Crippen molar-refractivity contribution in [2.24, 2.45) is 5.92 Å². The number of carbonyl (C=O) groups is 1. The van der Waals surface area contributed by atoms with E-state index in [1.165, 1.54) is 0 Å². The van der Waals surface area contributed by atoms with E-state index in [1.807, 2.05) is 12.2 Å². The lowest BCUT2D eigenvalue weighted by Gasteiger charge is -2.21. The lowest BCUT2D eigenvalue weighted by Crippen LogP contribution is -2.24. The van der Waals surface area contributed by atoms with Crippen molar-refractivity contribution < 1.29 is 9.53 Å². The van der Waals surface area contributed by atoms with E-state index >= 15 is 0 Å². The fraction of sp³-hybridized carbons (Fsp3) is 0.615. The first-order valence-corrected chi connectivity index (χ1v) is 5.90. The van der Waals surface area contributed by atoms with E-state index < -0.39 is 0 Å². The van der Waals surface area contributed by atoms with Crippen molar-refractivity contribution in [2.75, 3.05) is 0 Å². The number of ether oxygens (including phenoxy) is 1. The number of carbonyl (C=O) groups excluding carboxylic acids is 1. The maximum Gasteiger partial charge on any atom is 0.313 e. The molecule has 0 aliphatic heterocycles. The second kappa shape index (κ2) is 5.15. The maximum atomic E-state index is 11.8. The van der Waals surface area contributed by atoms with Crippen molar-refractivity contribution in [1.82, 2.24) is 0 Å². The molecule has 0 amide bonds. The van der Waals surface area contributed by atoms with Gasteiger partial charge in [-0.25, -0.2) is 0 Å². The van der Waals surface area contributed by atoms with Crippen molar-refractivity contribution in [2.45, 2.75) is 44.6 Å². The standard InChI is InChI=1S/C13H18O2/c14-13(11-7-3-1-4-8-11)15-12-9-5-2-6-10-12/h3,5,7,9,11-12H,1-2,4,6,8,10H2. The smallest absolute Gasteiger partial charge is 0.313 e. The summed E-state index contributed by atoms with van der Waals surface area (Å²) in [5.41, 5.74) is 0. The van der Waals surface area contributed by atoms with E-state index in [4.69, 9.17) is 4.74 Å². The number of allylic oxidation sites excluding steroid dienone is 2. The van der Waals surface area contributed by atoms with Gasteiger partial charge in [0.25, 0.3) is 0 Å². The Morgan fingerprint density at radius 1 is 1.07 bits per heavy atom. The summed E-state index contributed by atoms with van der Waals surface area (Å²) in [7, 11) is 0. The highest BCUT2D eigenvalue weighted by Gasteiger charge is 2.21. The minimum absolute atomic E-state index is 0.00840. The van der Waals surface area contributed by atoms with Crippen LogP contribution in [0.3, 0.4) is 0 Å². The molecule has 2 rings (SSSR count). The minimum atomic E-state index is -0.0394. The van der Waals surface area contributed by atoms with Crippen molar-refractivity contribution in [3.8, 4) is 0 Å². The lowest BCUT2D eigenvalue weighted by atomic mass is 9.96. The lowest BCUT2D eigenvalue weighted by molar-refractivity contribution is -0.150. The van der Waals surface area contributed by atoms with Gasteiger partial charge in [0.05, 0.1) is 5.92 Å². The van der Waals surface area contributed by atoms with Crippen LogP contribution in [0, 0.1) is 5.92 Å². The summed E-state index contributed by atoms with van der Waals surface area (Å²) < 4.78 is 5.45. The van der Waals surface area contributed by atoms with Gasteiger partial charge in [-0.3, -0.25) is 4.79 Å². The van der Waals surface area contributed by atoms with E-state index in [-0.39, 0.29) is 18.0 Å². The molecule has 2 heteroatoms. The van der Waals surface area contributed by atoms with Gasteiger partial charge in [0.15, 0.2) is 0 Å². The Balaban J connectivity index is 1.85. The molecule has 15 heavy (non-hydrogen) atoms. The van der Waals surface area contributed by atoms with Gasteiger partial charge in [0, 0.05) is 0 Å². The zero-order valence-electron chi connectivity index (χ0n) is 9.02. The monoisotopic (exact) mass is 206 g/mol.